The fraction of sp³-hybridized carbons (Fsp3) is 0.308. The molecule has 1 N–H and O–H groups in total. The van der Waals surface area contributed by atoms with Gasteiger partial charge in [-0.25, -0.2) is 4.79 Å². The minimum atomic E-state index is -1.14. The van der Waals surface area contributed by atoms with Crippen LogP contribution in [0.15, 0.2) is 21.3 Å². The smallest absolute Gasteiger partial charge is 0.419 e. The SMILES string of the molecule is Cc1ccc(C(C)C)c2oc(=O)c([N+](=O)[O-])c(O)c12. The number of nitrogens with zero attached hydrogens (tertiary/aromatic N) is 1. The molecule has 0 saturated carbocycles. The van der Waals surface area contributed by atoms with Crippen molar-refractivity contribution in [1.82, 2.24) is 0 Å². The van der Waals surface area contributed by atoms with Crippen molar-refractivity contribution >= 4 is 16.7 Å². The molecule has 6 heteroatoms. The highest BCUT2D eigenvalue weighted by Crippen LogP contribution is 2.36. The third-order valence-corrected chi connectivity index (χ3v) is 3.05. The van der Waals surface area contributed by atoms with Crippen LogP contribution in [0.2, 0.25) is 0 Å². The van der Waals surface area contributed by atoms with Crippen LogP contribution >= 0.6 is 0 Å². The number of aromatic hydroxyl groups is 1. The van der Waals surface area contributed by atoms with Crippen molar-refractivity contribution in [3.8, 4) is 5.75 Å². The van der Waals surface area contributed by atoms with Crippen LogP contribution in [0.5, 0.6) is 5.75 Å². The van der Waals surface area contributed by atoms with E-state index in [0.29, 0.717) is 5.56 Å². The summed E-state index contributed by atoms with van der Waals surface area (Å²) in [6, 6.07) is 3.53. The van der Waals surface area contributed by atoms with Crippen LogP contribution in [0.3, 0.4) is 0 Å². The summed E-state index contributed by atoms with van der Waals surface area (Å²) in [5, 5.41) is 21.0. The number of hydrogen-bond acceptors (Lipinski definition) is 5. The van der Waals surface area contributed by atoms with Gasteiger partial charge in [0.15, 0.2) is 0 Å². The molecular weight excluding hydrogens is 250 g/mol. The van der Waals surface area contributed by atoms with Gasteiger partial charge in [0.25, 0.3) is 0 Å². The summed E-state index contributed by atoms with van der Waals surface area (Å²) in [4.78, 5) is 21.5. The standard InChI is InChI=1S/C13H13NO5/c1-6(2)8-5-4-7(3)9-11(15)10(14(17)18)13(16)19-12(8)9/h4-6,15H,1-3H3. The van der Waals surface area contributed by atoms with E-state index in [1.54, 1.807) is 19.1 Å². The second-order valence-electron chi connectivity index (χ2n) is 4.67. The van der Waals surface area contributed by atoms with Gasteiger partial charge in [0.2, 0.25) is 5.75 Å². The van der Waals surface area contributed by atoms with Gasteiger partial charge >= 0.3 is 11.3 Å². The maximum atomic E-state index is 11.6. The minimum Gasteiger partial charge on any atom is -0.501 e. The van der Waals surface area contributed by atoms with Crippen molar-refractivity contribution in [2.75, 3.05) is 0 Å². The van der Waals surface area contributed by atoms with Crippen LogP contribution in [0.4, 0.5) is 5.69 Å². The molecule has 0 unspecified atom stereocenters. The van der Waals surface area contributed by atoms with Crippen molar-refractivity contribution in [1.29, 1.82) is 0 Å². The summed E-state index contributed by atoms with van der Waals surface area (Å²) in [5.74, 6) is -0.566. The van der Waals surface area contributed by atoms with Gasteiger partial charge in [0, 0.05) is 0 Å². The molecule has 0 amide bonds. The van der Waals surface area contributed by atoms with E-state index in [1.165, 1.54) is 0 Å². The van der Waals surface area contributed by atoms with E-state index in [4.69, 9.17) is 4.42 Å². The first-order chi connectivity index (χ1) is 8.84. The molecule has 0 saturated heterocycles. The second kappa shape index (κ2) is 4.38. The monoisotopic (exact) mass is 263 g/mol. The zero-order valence-electron chi connectivity index (χ0n) is 10.8. The average molecular weight is 263 g/mol. The van der Waals surface area contributed by atoms with Gasteiger partial charge in [0.05, 0.1) is 10.3 Å². The fourth-order valence-electron chi connectivity index (χ4n) is 2.07. The van der Waals surface area contributed by atoms with E-state index in [2.05, 4.69) is 0 Å². The van der Waals surface area contributed by atoms with E-state index < -0.39 is 22.0 Å². The molecule has 0 spiro atoms. The maximum Gasteiger partial charge on any atom is 0.419 e. The van der Waals surface area contributed by atoms with Gasteiger partial charge in [0.1, 0.15) is 5.58 Å². The summed E-state index contributed by atoms with van der Waals surface area (Å²) >= 11 is 0. The molecule has 0 bridgehead atoms. The lowest BCUT2D eigenvalue weighted by Crippen LogP contribution is -2.08. The van der Waals surface area contributed by atoms with E-state index in [0.717, 1.165) is 5.56 Å². The zero-order chi connectivity index (χ0) is 14.3. The number of nitro groups is 1. The van der Waals surface area contributed by atoms with Crippen LogP contribution in [-0.4, -0.2) is 10.0 Å². The van der Waals surface area contributed by atoms with Crippen molar-refractivity contribution in [2.24, 2.45) is 0 Å². The van der Waals surface area contributed by atoms with Crippen molar-refractivity contribution < 1.29 is 14.4 Å². The summed E-state index contributed by atoms with van der Waals surface area (Å²) in [6.45, 7) is 5.50. The lowest BCUT2D eigenvalue weighted by atomic mass is 9.97. The topological polar surface area (TPSA) is 93.6 Å². The molecule has 0 aliphatic heterocycles. The van der Waals surface area contributed by atoms with E-state index >= 15 is 0 Å². The quantitative estimate of drug-likeness (QED) is 0.510. The minimum absolute atomic E-state index is 0.0621. The molecule has 2 aromatic rings. The third-order valence-electron chi connectivity index (χ3n) is 3.05. The first-order valence-corrected chi connectivity index (χ1v) is 5.78. The van der Waals surface area contributed by atoms with Gasteiger partial charge in [-0.3, -0.25) is 10.1 Å². The number of hydrogen-bond donors (Lipinski definition) is 1. The molecule has 0 atom stereocenters. The summed E-state index contributed by atoms with van der Waals surface area (Å²) in [5.41, 5.74) is -0.506. The summed E-state index contributed by atoms with van der Waals surface area (Å²) in [6.07, 6.45) is 0. The predicted octanol–water partition coefficient (Wildman–Crippen LogP) is 2.84. The Morgan fingerprint density at radius 2 is 2.00 bits per heavy atom. The first-order valence-electron chi connectivity index (χ1n) is 5.78. The molecule has 1 aromatic carbocycles. The maximum absolute atomic E-state index is 11.6. The summed E-state index contributed by atoms with van der Waals surface area (Å²) in [7, 11) is 0. The number of benzene rings is 1. The van der Waals surface area contributed by atoms with Gasteiger partial charge in [-0.05, 0) is 24.0 Å². The van der Waals surface area contributed by atoms with Gasteiger partial charge in [-0.1, -0.05) is 26.0 Å². The second-order valence-corrected chi connectivity index (χ2v) is 4.67. The molecule has 0 aliphatic rings. The Morgan fingerprint density at radius 3 is 2.53 bits per heavy atom. The number of aryl methyl sites for hydroxylation is 1. The third kappa shape index (κ3) is 1.95. The molecule has 2 rings (SSSR count). The van der Waals surface area contributed by atoms with E-state index in [9.17, 15) is 20.0 Å². The normalized spacial score (nSPS) is 11.2. The van der Waals surface area contributed by atoms with Crippen LogP contribution in [0.1, 0.15) is 30.9 Å². The highest BCUT2D eigenvalue weighted by atomic mass is 16.6. The van der Waals surface area contributed by atoms with Crippen LogP contribution in [0, 0.1) is 17.0 Å². The number of fused-ring (bicyclic) bond motifs is 1. The fourth-order valence-corrected chi connectivity index (χ4v) is 2.07. The van der Waals surface area contributed by atoms with Crippen LogP contribution < -0.4 is 5.63 Å². The Morgan fingerprint density at radius 1 is 1.37 bits per heavy atom. The molecule has 6 nitrogen and oxygen atoms in total. The molecular formula is C13H13NO5. The predicted molar refractivity (Wildman–Crippen MR) is 69.6 cm³/mol. The Labute approximate surface area is 108 Å². The van der Waals surface area contributed by atoms with Crippen LogP contribution in [-0.2, 0) is 0 Å². The largest absolute Gasteiger partial charge is 0.501 e. The molecule has 1 heterocycles. The summed E-state index contributed by atoms with van der Waals surface area (Å²) < 4.78 is 5.05. The average Bonchev–Trinajstić information content (AvgIpc) is 2.27. The zero-order valence-corrected chi connectivity index (χ0v) is 10.8. The first kappa shape index (κ1) is 13.1. The Kier molecular flexibility index (Phi) is 3.01. The van der Waals surface area contributed by atoms with Crippen molar-refractivity contribution in [3.63, 3.8) is 0 Å². The molecule has 1 aromatic heterocycles. The highest BCUT2D eigenvalue weighted by Gasteiger charge is 2.26. The Bertz CT molecular complexity index is 730. The Hall–Kier alpha value is -2.37. The van der Waals surface area contributed by atoms with Crippen LogP contribution in [0.25, 0.3) is 11.0 Å². The van der Waals surface area contributed by atoms with Crippen molar-refractivity contribution in [3.05, 3.63) is 43.8 Å². The van der Waals surface area contributed by atoms with Gasteiger partial charge in [-0.15, -0.1) is 0 Å². The van der Waals surface area contributed by atoms with Crippen molar-refractivity contribution in [2.45, 2.75) is 26.7 Å². The van der Waals surface area contributed by atoms with Gasteiger partial charge in [-0.2, -0.15) is 0 Å². The Balaban J connectivity index is 3.03. The molecule has 0 radical (unpaired) electrons. The molecule has 0 aliphatic carbocycles. The molecule has 100 valence electrons. The molecule has 19 heavy (non-hydrogen) atoms. The van der Waals surface area contributed by atoms with E-state index in [1.807, 2.05) is 13.8 Å². The van der Waals surface area contributed by atoms with Gasteiger partial charge < -0.3 is 9.52 Å². The lowest BCUT2D eigenvalue weighted by Gasteiger charge is -2.11. The highest BCUT2D eigenvalue weighted by molar-refractivity contribution is 5.91. The molecule has 0 fully saturated rings. The lowest BCUT2D eigenvalue weighted by molar-refractivity contribution is -0.388. The number of rotatable bonds is 2. The van der Waals surface area contributed by atoms with E-state index in [-0.39, 0.29) is 16.9 Å².